The lowest BCUT2D eigenvalue weighted by atomic mass is 9.96. The fourth-order valence-corrected chi connectivity index (χ4v) is 3.01. The molecule has 0 bridgehead atoms. The van der Waals surface area contributed by atoms with Crippen molar-refractivity contribution in [1.29, 1.82) is 0 Å². The predicted octanol–water partition coefficient (Wildman–Crippen LogP) is 3.45. The maximum atomic E-state index is 13.5. The van der Waals surface area contributed by atoms with Gasteiger partial charge in [-0.2, -0.15) is 0 Å². The van der Waals surface area contributed by atoms with Crippen LogP contribution in [-0.4, -0.2) is 29.6 Å². The van der Waals surface area contributed by atoms with Crippen LogP contribution in [0.4, 0.5) is 13.2 Å². The van der Waals surface area contributed by atoms with Gasteiger partial charge in [-0.1, -0.05) is 12.1 Å². The van der Waals surface area contributed by atoms with Crippen LogP contribution in [0, 0.1) is 17.5 Å². The third-order valence-corrected chi connectivity index (χ3v) is 4.40. The molecule has 0 aliphatic carbocycles. The summed E-state index contributed by atoms with van der Waals surface area (Å²) in [5.41, 5.74) is -0.325. The average molecular weight is 379 g/mol. The number of amides is 1. The van der Waals surface area contributed by atoms with Crippen LogP contribution < -0.4 is 5.32 Å². The van der Waals surface area contributed by atoms with E-state index in [9.17, 15) is 22.8 Å². The van der Waals surface area contributed by atoms with Crippen molar-refractivity contribution in [1.82, 2.24) is 5.32 Å². The highest BCUT2D eigenvalue weighted by Gasteiger charge is 2.27. The van der Waals surface area contributed by atoms with Gasteiger partial charge >= 0.3 is 5.97 Å². The first kappa shape index (κ1) is 18.9. The van der Waals surface area contributed by atoms with E-state index in [4.69, 9.17) is 9.84 Å². The van der Waals surface area contributed by atoms with Crippen molar-refractivity contribution in [2.45, 2.75) is 25.0 Å². The van der Waals surface area contributed by atoms with Crippen LogP contribution in [0.5, 0.6) is 0 Å². The van der Waals surface area contributed by atoms with Gasteiger partial charge in [0.2, 0.25) is 0 Å². The van der Waals surface area contributed by atoms with Crippen molar-refractivity contribution in [3.8, 4) is 0 Å². The number of hydrogen-bond donors (Lipinski definition) is 2. The first-order valence-corrected chi connectivity index (χ1v) is 8.25. The van der Waals surface area contributed by atoms with Crippen molar-refractivity contribution in [3.05, 3.63) is 70.5 Å². The Bertz CT molecular complexity index is 870. The van der Waals surface area contributed by atoms with Crippen molar-refractivity contribution in [2.75, 3.05) is 6.61 Å². The molecular weight excluding hydrogens is 363 g/mol. The maximum absolute atomic E-state index is 13.5. The van der Waals surface area contributed by atoms with Gasteiger partial charge in [0.1, 0.15) is 5.82 Å². The third-order valence-electron chi connectivity index (χ3n) is 4.40. The van der Waals surface area contributed by atoms with E-state index in [1.807, 2.05) is 0 Å². The number of rotatable bonds is 4. The van der Waals surface area contributed by atoms with Crippen LogP contribution in [0.25, 0.3) is 0 Å². The number of aromatic carboxylic acids is 1. The average Bonchev–Trinajstić information content (AvgIpc) is 2.64. The van der Waals surface area contributed by atoms with Gasteiger partial charge in [-0.15, -0.1) is 0 Å². The minimum Gasteiger partial charge on any atom is -0.478 e. The zero-order valence-electron chi connectivity index (χ0n) is 14.0. The molecule has 0 spiro atoms. The molecule has 2 unspecified atom stereocenters. The minimum atomic E-state index is -1.53. The molecule has 1 aliphatic heterocycles. The van der Waals surface area contributed by atoms with Crippen LogP contribution in [0.15, 0.2) is 36.4 Å². The number of halogens is 3. The van der Waals surface area contributed by atoms with Crippen LogP contribution in [0.3, 0.4) is 0 Å². The first-order valence-electron chi connectivity index (χ1n) is 8.25. The van der Waals surface area contributed by atoms with Crippen LogP contribution in [-0.2, 0) is 4.74 Å². The van der Waals surface area contributed by atoms with Crippen molar-refractivity contribution in [2.24, 2.45) is 0 Å². The summed E-state index contributed by atoms with van der Waals surface area (Å²) >= 11 is 0. The Labute approximate surface area is 152 Å². The molecule has 1 fully saturated rings. The second kappa shape index (κ2) is 7.79. The van der Waals surface area contributed by atoms with Crippen molar-refractivity contribution in [3.63, 3.8) is 0 Å². The molecule has 0 radical (unpaired) electrons. The van der Waals surface area contributed by atoms with E-state index in [0.717, 1.165) is 5.56 Å². The van der Waals surface area contributed by atoms with E-state index in [-0.39, 0.29) is 18.0 Å². The predicted molar refractivity (Wildman–Crippen MR) is 88.9 cm³/mol. The Kier molecular flexibility index (Phi) is 5.46. The van der Waals surface area contributed by atoms with Crippen LogP contribution >= 0.6 is 0 Å². The smallest absolute Gasteiger partial charge is 0.336 e. The van der Waals surface area contributed by atoms with E-state index in [2.05, 4.69) is 5.32 Å². The summed E-state index contributed by atoms with van der Waals surface area (Å²) in [7, 11) is 0. The molecule has 2 N–H and O–H groups in total. The van der Waals surface area contributed by atoms with Crippen molar-refractivity contribution >= 4 is 11.9 Å². The highest BCUT2D eigenvalue weighted by Crippen LogP contribution is 2.28. The van der Waals surface area contributed by atoms with Gasteiger partial charge in [-0.3, -0.25) is 4.79 Å². The van der Waals surface area contributed by atoms with Gasteiger partial charge < -0.3 is 15.2 Å². The number of carboxylic acids is 1. The van der Waals surface area contributed by atoms with Gasteiger partial charge in [0, 0.05) is 12.6 Å². The molecule has 1 saturated heterocycles. The third kappa shape index (κ3) is 4.28. The zero-order valence-corrected chi connectivity index (χ0v) is 14.0. The summed E-state index contributed by atoms with van der Waals surface area (Å²) in [5.74, 6) is -5.36. The number of hydrogen-bond acceptors (Lipinski definition) is 3. The molecule has 5 nitrogen and oxygen atoms in total. The second-order valence-corrected chi connectivity index (χ2v) is 6.22. The molecule has 0 aromatic heterocycles. The molecule has 0 saturated carbocycles. The van der Waals surface area contributed by atoms with Gasteiger partial charge in [0.05, 0.1) is 17.2 Å². The molecule has 2 aromatic rings. The fourth-order valence-electron chi connectivity index (χ4n) is 3.01. The molecule has 3 rings (SSSR count). The molecule has 27 heavy (non-hydrogen) atoms. The largest absolute Gasteiger partial charge is 0.478 e. The highest BCUT2D eigenvalue weighted by molar-refractivity contribution is 6.04. The molecular formula is C19H16F3NO4. The first-order chi connectivity index (χ1) is 12.8. The maximum Gasteiger partial charge on any atom is 0.336 e. The van der Waals surface area contributed by atoms with E-state index in [1.165, 1.54) is 12.1 Å². The summed E-state index contributed by atoms with van der Waals surface area (Å²) in [4.78, 5) is 23.7. The molecule has 1 aliphatic rings. The Morgan fingerprint density at radius 3 is 2.30 bits per heavy atom. The number of carbonyl (C=O) groups is 2. The van der Waals surface area contributed by atoms with Crippen LogP contribution in [0.1, 0.15) is 45.2 Å². The normalized spacial score (nSPS) is 19.5. The van der Waals surface area contributed by atoms with Crippen LogP contribution in [0.2, 0.25) is 0 Å². The highest BCUT2D eigenvalue weighted by atomic mass is 19.2. The van der Waals surface area contributed by atoms with E-state index in [1.54, 1.807) is 12.1 Å². The number of nitrogens with one attached hydrogen (secondary N) is 1. The van der Waals surface area contributed by atoms with Gasteiger partial charge in [0.25, 0.3) is 5.91 Å². The summed E-state index contributed by atoms with van der Waals surface area (Å²) < 4.78 is 45.5. The lowest BCUT2D eigenvalue weighted by molar-refractivity contribution is 0.000843. The number of carboxylic acid groups (broad SMARTS) is 1. The van der Waals surface area contributed by atoms with Gasteiger partial charge in [-0.25, -0.2) is 18.0 Å². The molecule has 8 heteroatoms. The summed E-state index contributed by atoms with van der Waals surface area (Å²) in [6.07, 6.45) is 0.479. The van der Waals surface area contributed by atoms with Gasteiger partial charge in [0.15, 0.2) is 11.6 Å². The standard InChI is InChI=1S/C19H16F3NO4/c20-11-3-1-10(2-4-11)17-7-12(5-6-27-17)23-18(24)13-8-15(21)16(22)9-14(13)19(25)26/h1-4,8-9,12,17H,5-7H2,(H,23,24)(H,25,26). The van der Waals surface area contributed by atoms with Crippen molar-refractivity contribution < 1.29 is 32.6 Å². The fraction of sp³-hybridized carbons (Fsp3) is 0.263. The number of ether oxygens (including phenoxy) is 1. The van der Waals surface area contributed by atoms with E-state index >= 15 is 0 Å². The SMILES string of the molecule is O=C(O)c1cc(F)c(F)cc1C(=O)NC1CCOC(c2ccc(F)cc2)C1. The second-order valence-electron chi connectivity index (χ2n) is 6.22. The molecule has 142 valence electrons. The molecule has 2 atom stereocenters. The quantitative estimate of drug-likeness (QED) is 0.853. The van der Waals surface area contributed by atoms with Gasteiger partial charge in [-0.05, 0) is 42.7 Å². The Morgan fingerprint density at radius 1 is 1.04 bits per heavy atom. The molecule has 2 aromatic carbocycles. The minimum absolute atomic E-state index is 0.330. The Morgan fingerprint density at radius 2 is 1.67 bits per heavy atom. The zero-order chi connectivity index (χ0) is 19.6. The molecule has 1 heterocycles. The summed E-state index contributed by atoms with van der Waals surface area (Å²) in [6, 6.07) is 6.48. The lowest BCUT2D eigenvalue weighted by Gasteiger charge is -2.30. The number of benzene rings is 2. The summed E-state index contributed by atoms with van der Waals surface area (Å²) in [5, 5.41) is 11.8. The monoisotopic (exact) mass is 379 g/mol. The lowest BCUT2D eigenvalue weighted by Crippen LogP contribution is -2.40. The number of carbonyl (C=O) groups excluding carboxylic acids is 1. The Hall–Kier alpha value is -2.87. The topological polar surface area (TPSA) is 75.6 Å². The van der Waals surface area contributed by atoms with E-state index in [0.29, 0.717) is 31.6 Å². The Balaban J connectivity index is 1.75. The summed E-state index contributed by atoms with van der Waals surface area (Å²) in [6.45, 7) is 0.330. The van der Waals surface area contributed by atoms with E-state index < -0.39 is 34.6 Å². The molecule has 1 amide bonds.